The first-order valence-corrected chi connectivity index (χ1v) is 6.51. The Labute approximate surface area is 118 Å². The van der Waals surface area contributed by atoms with Crippen LogP contribution in [0.4, 0.5) is 5.69 Å². The fourth-order valence-electron chi connectivity index (χ4n) is 1.99. The fraction of sp³-hybridized carbons (Fsp3) is 0.267. The highest BCUT2D eigenvalue weighted by atomic mass is 35.5. The zero-order valence-electron chi connectivity index (χ0n) is 11.3. The van der Waals surface area contributed by atoms with Gasteiger partial charge in [-0.1, -0.05) is 29.8 Å². The number of benzene rings is 1. The molecule has 1 N–H and O–H groups in total. The van der Waals surface area contributed by atoms with Crippen molar-refractivity contribution in [3.63, 3.8) is 0 Å². The second-order valence-electron chi connectivity index (χ2n) is 4.44. The number of rotatable bonds is 4. The summed E-state index contributed by atoms with van der Waals surface area (Å²) >= 11 is 5.92. The smallest absolute Gasteiger partial charge is 0.132 e. The summed E-state index contributed by atoms with van der Waals surface area (Å²) in [7, 11) is 1.68. The molecule has 0 saturated heterocycles. The van der Waals surface area contributed by atoms with Crippen molar-refractivity contribution in [1.82, 2.24) is 4.98 Å². The molecule has 1 heterocycles. The van der Waals surface area contributed by atoms with Crippen molar-refractivity contribution >= 4 is 17.3 Å². The summed E-state index contributed by atoms with van der Waals surface area (Å²) in [4.78, 5) is 4.14. The first-order valence-electron chi connectivity index (χ1n) is 6.13. The van der Waals surface area contributed by atoms with Gasteiger partial charge in [0.1, 0.15) is 10.9 Å². The van der Waals surface area contributed by atoms with Crippen molar-refractivity contribution < 1.29 is 4.74 Å². The van der Waals surface area contributed by atoms with E-state index in [9.17, 15) is 0 Å². The normalized spacial score (nSPS) is 12.0. The molecule has 2 aromatic rings. The van der Waals surface area contributed by atoms with Gasteiger partial charge in [0.05, 0.1) is 25.0 Å². The number of nitrogens with zero attached hydrogens (tertiary/aromatic N) is 1. The van der Waals surface area contributed by atoms with Crippen LogP contribution in [0.3, 0.4) is 0 Å². The van der Waals surface area contributed by atoms with E-state index in [-0.39, 0.29) is 6.04 Å². The van der Waals surface area contributed by atoms with Crippen LogP contribution in [0.15, 0.2) is 36.5 Å². The zero-order valence-corrected chi connectivity index (χ0v) is 12.0. The molecule has 19 heavy (non-hydrogen) atoms. The number of aryl methyl sites for hydroxylation is 1. The van der Waals surface area contributed by atoms with Crippen molar-refractivity contribution in [2.24, 2.45) is 0 Å². The number of nitrogens with one attached hydrogen (secondary N) is 1. The molecule has 0 saturated carbocycles. The van der Waals surface area contributed by atoms with E-state index in [4.69, 9.17) is 16.3 Å². The van der Waals surface area contributed by atoms with Gasteiger partial charge in [-0.15, -0.1) is 0 Å². The van der Waals surface area contributed by atoms with Crippen molar-refractivity contribution in [3.05, 3.63) is 52.8 Å². The van der Waals surface area contributed by atoms with E-state index in [1.807, 2.05) is 37.3 Å². The van der Waals surface area contributed by atoms with E-state index in [1.165, 1.54) is 0 Å². The number of hydrogen-bond acceptors (Lipinski definition) is 3. The number of pyridine rings is 1. The molecule has 1 aromatic heterocycles. The maximum atomic E-state index is 5.92. The Bertz CT molecular complexity index is 572. The van der Waals surface area contributed by atoms with E-state index in [0.717, 1.165) is 22.6 Å². The Morgan fingerprint density at radius 3 is 2.74 bits per heavy atom. The highest BCUT2D eigenvalue weighted by Gasteiger charge is 2.11. The summed E-state index contributed by atoms with van der Waals surface area (Å²) in [6.45, 7) is 4.02. The summed E-state index contributed by atoms with van der Waals surface area (Å²) in [6, 6.07) is 10.1. The summed E-state index contributed by atoms with van der Waals surface area (Å²) in [5.41, 5.74) is 3.01. The minimum Gasteiger partial charge on any atom is -0.496 e. The molecule has 3 nitrogen and oxygen atoms in total. The van der Waals surface area contributed by atoms with E-state index in [1.54, 1.807) is 13.3 Å². The van der Waals surface area contributed by atoms with Gasteiger partial charge in [-0.3, -0.25) is 0 Å². The number of anilines is 1. The molecular formula is C15H17ClN2O. The molecule has 0 aliphatic rings. The third-order valence-corrected chi connectivity index (χ3v) is 3.40. The van der Waals surface area contributed by atoms with Crippen LogP contribution in [-0.4, -0.2) is 12.1 Å². The Kier molecular flexibility index (Phi) is 4.27. The van der Waals surface area contributed by atoms with Gasteiger partial charge in [0.25, 0.3) is 0 Å². The largest absolute Gasteiger partial charge is 0.496 e. The number of ether oxygens (including phenoxy) is 1. The van der Waals surface area contributed by atoms with Crippen molar-refractivity contribution in [2.75, 3.05) is 12.4 Å². The summed E-state index contributed by atoms with van der Waals surface area (Å²) < 4.78 is 5.37. The quantitative estimate of drug-likeness (QED) is 0.849. The van der Waals surface area contributed by atoms with Crippen LogP contribution in [0, 0.1) is 6.92 Å². The van der Waals surface area contributed by atoms with Crippen molar-refractivity contribution in [3.8, 4) is 5.75 Å². The van der Waals surface area contributed by atoms with E-state index < -0.39 is 0 Å². The third kappa shape index (κ3) is 3.18. The van der Waals surface area contributed by atoms with Gasteiger partial charge < -0.3 is 10.1 Å². The lowest BCUT2D eigenvalue weighted by molar-refractivity contribution is 0.408. The summed E-state index contributed by atoms with van der Waals surface area (Å²) in [5.74, 6) is 0.876. The van der Waals surface area contributed by atoms with Gasteiger partial charge in [-0.2, -0.15) is 0 Å². The highest BCUT2D eigenvalue weighted by Crippen LogP contribution is 2.27. The topological polar surface area (TPSA) is 34.1 Å². The van der Waals surface area contributed by atoms with Crippen LogP contribution < -0.4 is 10.1 Å². The van der Waals surface area contributed by atoms with Crippen LogP contribution >= 0.6 is 11.6 Å². The van der Waals surface area contributed by atoms with Crippen LogP contribution in [0.1, 0.15) is 24.1 Å². The maximum absolute atomic E-state index is 5.92. The minimum atomic E-state index is 0.124. The van der Waals surface area contributed by atoms with Gasteiger partial charge in [0, 0.05) is 5.56 Å². The second-order valence-corrected chi connectivity index (χ2v) is 4.80. The summed E-state index contributed by atoms with van der Waals surface area (Å²) in [5, 5.41) is 3.94. The Morgan fingerprint density at radius 1 is 1.32 bits per heavy atom. The molecule has 0 fully saturated rings. The van der Waals surface area contributed by atoms with Crippen LogP contribution in [0.5, 0.6) is 5.75 Å². The standard InChI is InChI=1S/C15H17ClN2O/c1-10-8-12(9-17-15(10)16)18-11(2)13-6-4-5-7-14(13)19-3/h4-9,11,18H,1-3H3. The molecular weight excluding hydrogens is 260 g/mol. The molecule has 2 rings (SSSR count). The first-order chi connectivity index (χ1) is 9.11. The molecule has 100 valence electrons. The van der Waals surface area contributed by atoms with Gasteiger partial charge in [0.2, 0.25) is 0 Å². The number of halogens is 1. The highest BCUT2D eigenvalue weighted by molar-refractivity contribution is 6.30. The molecule has 1 unspecified atom stereocenters. The average molecular weight is 277 g/mol. The Morgan fingerprint density at radius 2 is 2.05 bits per heavy atom. The van der Waals surface area contributed by atoms with Gasteiger partial charge in [-0.05, 0) is 31.5 Å². The lowest BCUT2D eigenvalue weighted by Crippen LogP contribution is -2.08. The van der Waals surface area contributed by atoms with Gasteiger partial charge in [-0.25, -0.2) is 4.98 Å². The fourth-order valence-corrected chi connectivity index (χ4v) is 2.09. The lowest BCUT2D eigenvalue weighted by atomic mass is 10.1. The number of aromatic nitrogens is 1. The Hall–Kier alpha value is -1.74. The SMILES string of the molecule is COc1ccccc1C(C)Nc1cnc(Cl)c(C)c1. The molecule has 1 atom stereocenters. The molecule has 0 radical (unpaired) electrons. The lowest BCUT2D eigenvalue weighted by Gasteiger charge is -2.18. The van der Waals surface area contributed by atoms with Gasteiger partial charge >= 0.3 is 0 Å². The molecule has 0 amide bonds. The second kappa shape index (κ2) is 5.93. The molecule has 1 aromatic carbocycles. The van der Waals surface area contributed by atoms with E-state index >= 15 is 0 Å². The number of methoxy groups -OCH3 is 1. The van der Waals surface area contributed by atoms with Crippen LogP contribution in [0.25, 0.3) is 0 Å². The van der Waals surface area contributed by atoms with E-state index in [0.29, 0.717) is 5.15 Å². The maximum Gasteiger partial charge on any atom is 0.132 e. The molecule has 0 aliphatic heterocycles. The predicted molar refractivity (Wildman–Crippen MR) is 79.0 cm³/mol. The zero-order chi connectivity index (χ0) is 13.8. The monoisotopic (exact) mass is 276 g/mol. The van der Waals surface area contributed by atoms with Crippen LogP contribution in [-0.2, 0) is 0 Å². The first kappa shape index (κ1) is 13.7. The molecule has 0 bridgehead atoms. The van der Waals surface area contributed by atoms with Crippen LogP contribution in [0.2, 0.25) is 5.15 Å². The molecule has 0 aliphatic carbocycles. The molecule has 4 heteroatoms. The Balaban J connectivity index is 2.20. The van der Waals surface area contributed by atoms with Crippen molar-refractivity contribution in [1.29, 1.82) is 0 Å². The minimum absolute atomic E-state index is 0.124. The number of para-hydroxylation sites is 1. The molecule has 0 spiro atoms. The van der Waals surface area contributed by atoms with Crippen molar-refractivity contribution in [2.45, 2.75) is 19.9 Å². The average Bonchev–Trinajstić information content (AvgIpc) is 2.43. The predicted octanol–water partition coefficient (Wildman–Crippen LogP) is 4.23. The van der Waals surface area contributed by atoms with Gasteiger partial charge in [0.15, 0.2) is 0 Å². The summed E-state index contributed by atoms with van der Waals surface area (Å²) in [6.07, 6.45) is 1.74. The number of hydrogen-bond donors (Lipinski definition) is 1. The van der Waals surface area contributed by atoms with E-state index in [2.05, 4.69) is 17.2 Å². The third-order valence-electron chi connectivity index (χ3n) is 3.00.